The van der Waals surface area contributed by atoms with Crippen LogP contribution in [0, 0.1) is 18.4 Å². The van der Waals surface area contributed by atoms with Gasteiger partial charge in [-0.15, -0.1) is 0 Å². The van der Waals surface area contributed by atoms with Crippen molar-refractivity contribution in [2.24, 2.45) is 5.92 Å². The number of benzene rings is 1. The number of nitrogens with one attached hydrogen (secondary N) is 1. The highest BCUT2D eigenvalue weighted by molar-refractivity contribution is 7.86. The number of aliphatic hydroxyl groups is 1. The van der Waals surface area contributed by atoms with Crippen LogP contribution in [-0.4, -0.2) is 55.0 Å². The van der Waals surface area contributed by atoms with Crippen molar-refractivity contribution in [3.63, 3.8) is 0 Å². The van der Waals surface area contributed by atoms with Crippen LogP contribution in [0.5, 0.6) is 0 Å². The molecule has 4 aromatic rings. The van der Waals surface area contributed by atoms with Gasteiger partial charge < -0.3 is 24.1 Å². The quantitative estimate of drug-likeness (QED) is 0.247. The Labute approximate surface area is 261 Å². The Bertz CT molecular complexity index is 1750. The Kier molecular flexibility index (Phi) is 10.3. The Morgan fingerprint density at radius 2 is 1.93 bits per heavy atom. The molecule has 5 heterocycles. The fourth-order valence-corrected chi connectivity index (χ4v) is 7.54. The third-order valence-corrected chi connectivity index (χ3v) is 10.4. The second-order valence-electron chi connectivity index (χ2n) is 11.3. The molecule has 0 saturated carbocycles. The van der Waals surface area contributed by atoms with E-state index in [1.165, 1.54) is 12.3 Å². The second kappa shape index (κ2) is 13.6. The van der Waals surface area contributed by atoms with Gasteiger partial charge in [-0.05, 0) is 51.3 Å². The van der Waals surface area contributed by atoms with E-state index in [4.69, 9.17) is 25.9 Å². The predicted octanol–water partition coefficient (Wildman–Crippen LogP) is 6.30. The van der Waals surface area contributed by atoms with Gasteiger partial charge in [-0.1, -0.05) is 37.1 Å². The second-order valence-corrected chi connectivity index (χ2v) is 13.9. The highest BCUT2D eigenvalue weighted by atomic mass is 35.5. The first kappa shape index (κ1) is 33.4. The molecule has 9 nitrogen and oxygen atoms in total. The predicted molar refractivity (Wildman–Crippen MR) is 168 cm³/mol. The van der Waals surface area contributed by atoms with E-state index < -0.39 is 33.4 Å². The number of pyridine rings is 1. The molecule has 0 aliphatic carbocycles. The molecule has 2 N–H and O–H groups in total. The van der Waals surface area contributed by atoms with Gasteiger partial charge >= 0.3 is 0 Å². The molecule has 2 aliphatic heterocycles. The lowest BCUT2D eigenvalue weighted by molar-refractivity contribution is -0.0703. The first-order valence-electron chi connectivity index (χ1n) is 14.0. The molecule has 0 spiro atoms. The Morgan fingerprint density at radius 1 is 1.27 bits per heavy atom. The molecule has 1 unspecified atom stereocenters. The van der Waals surface area contributed by atoms with Crippen LogP contribution in [0.15, 0.2) is 45.7 Å². The minimum absolute atomic E-state index is 0.0269. The SMILES string of the molecule is C#CO.CO[C@]1(c2cc(Cl)c[nH]c2=O)CC(C)(C)S(=O)C[C@@H]1C.FC(F)c1nc(N2CCCC2)c2oc3ccccc3c2n1. The van der Waals surface area contributed by atoms with Crippen LogP contribution >= 0.6 is 11.6 Å². The molecule has 0 amide bonds. The lowest BCUT2D eigenvalue weighted by atomic mass is 9.76. The normalized spacial score (nSPS) is 22.7. The first-order chi connectivity index (χ1) is 20.9. The van der Waals surface area contributed by atoms with E-state index in [1.807, 2.05) is 49.9 Å². The molecule has 0 radical (unpaired) electrons. The molecule has 2 aliphatic rings. The summed E-state index contributed by atoms with van der Waals surface area (Å²) in [5.41, 5.74) is 1.18. The number of methoxy groups -OCH3 is 1. The van der Waals surface area contributed by atoms with Crippen LogP contribution in [0.1, 0.15) is 57.8 Å². The molecule has 236 valence electrons. The van der Waals surface area contributed by atoms with Crippen molar-refractivity contribution in [2.75, 3.05) is 30.9 Å². The number of hydrogen-bond acceptors (Lipinski definition) is 8. The van der Waals surface area contributed by atoms with Gasteiger partial charge in [0.05, 0.1) is 10.6 Å². The monoisotopic (exact) mass is 648 g/mol. The number of rotatable bonds is 4. The summed E-state index contributed by atoms with van der Waals surface area (Å²) in [6.07, 6.45) is 6.77. The van der Waals surface area contributed by atoms with E-state index in [-0.39, 0.29) is 11.5 Å². The molecular weight excluding hydrogens is 614 g/mol. The van der Waals surface area contributed by atoms with Gasteiger partial charge in [0.1, 0.15) is 22.8 Å². The summed E-state index contributed by atoms with van der Waals surface area (Å²) >= 11 is 6.02. The molecular formula is C31H35ClF2N4O5S. The van der Waals surface area contributed by atoms with Crippen molar-refractivity contribution < 1.29 is 27.3 Å². The topological polar surface area (TPSA) is 122 Å². The van der Waals surface area contributed by atoms with E-state index in [0.29, 0.717) is 45.3 Å². The molecule has 2 fully saturated rings. The summed E-state index contributed by atoms with van der Waals surface area (Å²) in [6, 6.07) is 8.99. The number of ether oxygens (including phenoxy) is 1. The van der Waals surface area contributed by atoms with Gasteiger partial charge in [-0.25, -0.2) is 18.7 Å². The number of alkyl halides is 2. The van der Waals surface area contributed by atoms with E-state index in [0.717, 1.165) is 31.3 Å². The summed E-state index contributed by atoms with van der Waals surface area (Å²) in [4.78, 5) is 24.9. The third-order valence-electron chi connectivity index (χ3n) is 8.01. The fourth-order valence-electron chi connectivity index (χ4n) is 5.82. The lowest BCUT2D eigenvalue weighted by Crippen LogP contribution is -2.53. The number of hydrogen-bond donors (Lipinski definition) is 2. The smallest absolute Gasteiger partial charge is 0.297 e. The molecule has 0 bridgehead atoms. The largest absolute Gasteiger partial charge is 0.462 e. The van der Waals surface area contributed by atoms with E-state index in [2.05, 4.69) is 21.4 Å². The number of para-hydroxylation sites is 1. The summed E-state index contributed by atoms with van der Waals surface area (Å²) in [7, 11) is 0.659. The maximum Gasteiger partial charge on any atom is 0.297 e. The van der Waals surface area contributed by atoms with Gasteiger partial charge in [0, 0.05) is 59.0 Å². The maximum atomic E-state index is 13.1. The number of aromatic amines is 1. The molecule has 3 aromatic heterocycles. The lowest BCUT2D eigenvalue weighted by Gasteiger charge is -2.47. The number of anilines is 1. The van der Waals surface area contributed by atoms with Crippen LogP contribution in [0.3, 0.4) is 0 Å². The van der Waals surface area contributed by atoms with Crippen LogP contribution in [0.2, 0.25) is 5.02 Å². The zero-order chi connectivity index (χ0) is 32.2. The number of aliphatic hydroxyl groups excluding tert-OH is 1. The van der Waals surface area contributed by atoms with Crippen LogP contribution in [0.25, 0.3) is 22.1 Å². The molecule has 44 heavy (non-hydrogen) atoms. The van der Waals surface area contributed by atoms with Crippen molar-refractivity contribution in [3.05, 3.63) is 63.3 Å². The maximum absolute atomic E-state index is 13.1. The standard InChI is InChI=1S/C15H13F2N3O.C14H20ClNO3S.C2H2O/c16-13(17)14-18-11-9-5-1-2-6-10(9)21-12(11)15(19-14)20-7-3-4-8-20;1-9-7-20(18)13(2,3)8-14(9,19-4)11-5-10(15)6-16-12(11)17;1-2-3/h1-2,5-6,13H,3-4,7-8H2;5-6,9H,7-8H2,1-4H3,(H,16,17);1,3H/t;9-,14+,20?;/m.0./s1. The number of fused-ring (bicyclic) bond motifs is 3. The molecule has 6 rings (SSSR count). The molecule has 2 saturated heterocycles. The van der Waals surface area contributed by atoms with E-state index in [9.17, 15) is 17.8 Å². The number of halogens is 3. The van der Waals surface area contributed by atoms with Gasteiger partial charge in [0.25, 0.3) is 12.0 Å². The first-order valence-corrected chi connectivity index (χ1v) is 15.7. The Morgan fingerprint density at radius 3 is 2.57 bits per heavy atom. The molecule has 13 heteroatoms. The zero-order valence-corrected chi connectivity index (χ0v) is 26.5. The number of furan rings is 1. The van der Waals surface area contributed by atoms with Crippen molar-refractivity contribution in [2.45, 2.75) is 56.8 Å². The number of nitrogens with zero attached hydrogens (tertiary/aromatic N) is 3. The van der Waals surface area contributed by atoms with Crippen molar-refractivity contribution in [1.82, 2.24) is 15.0 Å². The van der Waals surface area contributed by atoms with E-state index in [1.54, 1.807) is 13.2 Å². The average Bonchev–Trinajstić information content (AvgIpc) is 3.65. The zero-order valence-electron chi connectivity index (χ0n) is 24.9. The van der Waals surface area contributed by atoms with Crippen molar-refractivity contribution in [1.29, 1.82) is 0 Å². The number of H-pyrrole nitrogens is 1. The summed E-state index contributed by atoms with van der Waals surface area (Å²) in [5, 5.41) is 8.31. The fraction of sp³-hybridized carbons (Fsp3) is 0.452. The molecule has 3 atom stereocenters. The van der Waals surface area contributed by atoms with Crippen molar-refractivity contribution >= 4 is 50.3 Å². The average molecular weight is 649 g/mol. The minimum atomic E-state index is -2.69. The van der Waals surface area contributed by atoms with Gasteiger partial charge in [-0.2, -0.15) is 0 Å². The Hall–Kier alpha value is -3.53. The number of terminal acetylenes is 1. The van der Waals surface area contributed by atoms with E-state index >= 15 is 0 Å². The van der Waals surface area contributed by atoms with Crippen LogP contribution in [-0.2, 0) is 21.1 Å². The molecule has 1 aromatic carbocycles. The van der Waals surface area contributed by atoms with Crippen LogP contribution < -0.4 is 10.5 Å². The highest BCUT2D eigenvalue weighted by Crippen LogP contribution is 2.46. The summed E-state index contributed by atoms with van der Waals surface area (Å²) in [6.45, 7) is 7.48. The summed E-state index contributed by atoms with van der Waals surface area (Å²) < 4.78 is 49.6. The van der Waals surface area contributed by atoms with Crippen LogP contribution in [0.4, 0.5) is 14.6 Å². The summed E-state index contributed by atoms with van der Waals surface area (Å²) in [5.74, 6) is 0.535. The van der Waals surface area contributed by atoms with Crippen molar-refractivity contribution in [3.8, 4) is 12.5 Å². The van der Waals surface area contributed by atoms with Gasteiger partial charge in [-0.3, -0.25) is 9.00 Å². The third kappa shape index (κ3) is 6.60. The van der Waals surface area contributed by atoms with Gasteiger partial charge in [0.2, 0.25) is 0 Å². The number of aromatic nitrogens is 3. The van der Waals surface area contributed by atoms with Gasteiger partial charge in [0.15, 0.2) is 17.2 Å². The highest BCUT2D eigenvalue weighted by Gasteiger charge is 2.51. The minimum Gasteiger partial charge on any atom is -0.462 e. The Balaban J connectivity index is 0.000000185.